The van der Waals surface area contributed by atoms with Crippen molar-refractivity contribution in [2.45, 2.75) is 31.3 Å². The molecule has 1 N–H and O–H groups in total. The van der Waals surface area contributed by atoms with Crippen molar-refractivity contribution >= 4 is 16.6 Å². The molecule has 2 aromatic carbocycles. The molecule has 6 aromatic rings. The number of hydrogen-bond acceptors (Lipinski definition) is 6. The molecule has 37 heavy (non-hydrogen) atoms. The van der Waals surface area contributed by atoms with Crippen LogP contribution >= 0.6 is 0 Å². The van der Waals surface area contributed by atoms with Crippen LogP contribution in [-0.2, 0) is 0 Å². The van der Waals surface area contributed by atoms with Gasteiger partial charge < -0.3 is 5.11 Å². The predicted octanol–water partition coefficient (Wildman–Crippen LogP) is 5.70. The van der Waals surface area contributed by atoms with Crippen LogP contribution in [0.15, 0.2) is 91.4 Å². The average molecular weight is 485 g/mol. The van der Waals surface area contributed by atoms with Crippen LogP contribution in [0.5, 0.6) is 0 Å². The van der Waals surface area contributed by atoms with E-state index >= 15 is 0 Å². The number of pyridine rings is 2. The van der Waals surface area contributed by atoms with Gasteiger partial charge in [0.15, 0.2) is 11.5 Å². The predicted molar refractivity (Wildman–Crippen MR) is 143 cm³/mol. The Hall–Kier alpha value is -4.49. The largest absolute Gasteiger partial charge is 0.390 e. The van der Waals surface area contributed by atoms with Crippen LogP contribution in [0.3, 0.4) is 0 Å². The average Bonchev–Trinajstić information content (AvgIpc) is 3.37. The van der Waals surface area contributed by atoms with Crippen LogP contribution in [0.4, 0.5) is 0 Å². The van der Waals surface area contributed by atoms with Crippen molar-refractivity contribution in [1.29, 1.82) is 0 Å². The first-order valence-electron chi connectivity index (χ1n) is 12.4. The topological polar surface area (TPSA) is 89.1 Å². The maximum absolute atomic E-state index is 10.2. The number of hydrogen-bond donors (Lipinski definition) is 1. The highest BCUT2D eigenvalue weighted by Crippen LogP contribution is 2.45. The maximum Gasteiger partial charge on any atom is 0.206 e. The van der Waals surface area contributed by atoms with Gasteiger partial charge in [0.2, 0.25) is 5.82 Å². The SMILES string of the molecule is CC1(O)CC(c2ccc(-c3nc4ccn5c(-c6ncccn6)nnc5c4cc3-c3ccccc3)cc2)C1. The summed E-state index contributed by atoms with van der Waals surface area (Å²) >= 11 is 0. The molecule has 0 aliphatic heterocycles. The smallest absolute Gasteiger partial charge is 0.206 e. The molecule has 1 aliphatic carbocycles. The summed E-state index contributed by atoms with van der Waals surface area (Å²) in [7, 11) is 0. The molecule has 7 nitrogen and oxygen atoms in total. The lowest BCUT2D eigenvalue weighted by molar-refractivity contribution is -0.0313. The minimum Gasteiger partial charge on any atom is -0.390 e. The Balaban J connectivity index is 1.38. The van der Waals surface area contributed by atoms with E-state index in [2.05, 4.69) is 62.6 Å². The Morgan fingerprint density at radius 3 is 2.35 bits per heavy atom. The third-order valence-electron chi connectivity index (χ3n) is 7.25. The Labute approximate surface area is 213 Å². The quantitative estimate of drug-likeness (QED) is 0.345. The zero-order valence-corrected chi connectivity index (χ0v) is 20.3. The van der Waals surface area contributed by atoms with Gasteiger partial charge in [-0.3, -0.25) is 4.40 Å². The first-order chi connectivity index (χ1) is 18.1. The first-order valence-corrected chi connectivity index (χ1v) is 12.4. The molecular weight excluding hydrogens is 460 g/mol. The van der Waals surface area contributed by atoms with Crippen LogP contribution in [0.1, 0.15) is 31.2 Å². The molecule has 4 aromatic heterocycles. The Kier molecular flexibility index (Phi) is 4.87. The fourth-order valence-corrected chi connectivity index (χ4v) is 5.37. The first kappa shape index (κ1) is 21.8. The molecule has 0 atom stereocenters. The number of rotatable bonds is 4. The Bertz CT molecular complexity index is 1740. The highest BCUT2D eigenvalue weighted by molar-refractivity contribution is 5.98. The third-order valence-corrected chi connectivity index (χ3v) is 7.25. The molecule has 0 spiro atoms. The molecule has 1 aliphatic rings. The van der Waals surface area contributed by atoms with Gasteiger partial charge in [0.05, 0.1) is 16.8 Å². The van der Waals surface area contributed by atoms with Crippen LogP contribution in [0.2, 0.25) is 0 Å². The lowest BCUT2D eigenvalue weighted by atomic mass is 9.69. The van der Waals surface area contributed by atoms with Crippen molar-refractivity contribution < 1.29 is 5.11 Å². The lowest BCUT2D eigenvalue weighted by Gasteiger charge is -2.41. The molecular formula is C30H24N6O. The van der Waals surface area contributed by atoms with Gasteiger partial charge in [-0.05, 0) is 55.0 Å². The highest BCUT2D eigenvalue weighted by atomic mass is 16.3. The Morgan fingerprint density at radius 1 is 0.865 bits per heavy atom. The summed E-state index contributed by atoms with van der Waals surface area (Å²) in [5, 5.41) is 19.9. The monoisotopic (exact) mass is 484 g/mol. The molecule has 180 valence electrons. The summed E-state index contributed by atoms with van der Waals surface area (Å²) in [5.74, 6) is 1.52. The molecule has 7 heteroatoms. The number of aromatic nitrogens is 6. The van der Waals surface area contributed by atoms with Gasteiger partial charge in [-0.1, -0.05) is 54.6 Å². The zero-order chi connectivity index (χ0) is 25.0. The van der Waals surface area contributed by atoms with Gasteiger partial charge in [-0.25, -0.2) is 15.0 Å². The van der Waals surface area contributed by atoms with Gasteiger partial charge in [-0.15, -0.1) is 10.2 Å². The van der Waals surface area contributed by atoms with E-state index in [4.69, 9.17) is 4.98 Å². The van der Waals surface area contributed by atoms with Crippen LogP contribution in [0, 0.1) is 0 Å². The fourth-order valence-electron chi connectivity index (χ4n) is 5.37. The summed E-state index contributed by atoms with van der Waals surface area (Å²) in [4.78, 5) is 13.8. The lowest BCUT2D eigenvalue weighted by Crippen LogP contribution is -2.39. The number of fused-ring (bicyclic) bond motifs is 3. The molecule has 0 radical (unpaired) electrons. The van der Waals surface area contributed by atoms with E-state index in [1.165, 1.54) is 5.56 Å². The normalized spacial score (nSPS) is 19.2. The molecule has 0 bridgehead atoms. The summed E-state index contributed by atoms with van der Waals surface area (Å²) in [5.41, 5.74) is 6.36. The van der Waals surface area contributed by atoms with E-state index in [1.54, 1.807) is 18.5 Å². The van der Waals surface area contributed by atoms with Crippen molar-refractivity contribution in [2.75, 3.05) is 0 Å². The molecule has 1 fully saturated rings. The van der Waals surface area contributed by atoms with Crippen molar-refractivity contribution in [2.24, 2.45) is 0 Å². The van der Waals surface area contributed by atoms with Crippen LogP contribution in [0.25, 0.3) is 50.6 Å². The van der Waals surface area contributed by atoms with E-state index in [1.807, 2.05) is 41.8 Å². The summed E-state index contributed by atoms with van der Waals surface area (Å²) < 4.78 is 1.91. The third kappa shape index (κ3) is 3.75. The molecule has 4 heterocycles. The summed E-state index contributed by atoms with van der Waals surface area (Å²) in [6, 6.07) is 24.8. The molecule has 0 amide bonds. The second-order valence-electron chi connectivity index (χ2n) is 10.0. The van der Waals surface area contributed by atoms with E-state index in [-0.39, 0.29) is 0 Å². The molecule has 0 unspecified atom stereocenters. The maximum atomic E-state index is 10.2. The molecule has 7 rings (SSSR count). The number of benzene rings is 2. The fraction of sp³-hybridized carbons (Fsp3) is 0.167. The Morgan fingerprint density at radius 2 is 1.62 bits per heavy atom. The van der Waals surface area contributed by atoms with Gasteiger partial charge in [0.1, 0.15) is 0 Å². The van der Waals surface area contributed by atoms with Gasteiger partial charge >= 0.3 is 0 Å². The standard InChI is InChI=1S/C30H24N6O/c1-30(37)17-22(18-30)19-8-10-21(11-9-19)26-23(20-6-3-2-4-7-20)16-24-25(33-26)12-15-36-28(24)34-35-29(36)27-31-13-5-14-32-27/h2-16,22,37H,17-18H2,1H3. The van der Waals surface area contributed by atoms with Crippen molar-refractivity contribution in [3.63, 3.8) is 0 Å². The summed E-state index contributed by atoms with van der Waals surface area (Å²) in [6.45, 7) is 1.91. The van der Waals surface area contributed by atoms with Crippen molar-refractivity contribution in [3.05, 3.63) is 97.0 Å². The zero-order valence-electron chi connectivity index (χ0n) is 20.3. The van der Waals surface area contributed by atoms with Crippen LogP contribution < -0.4 is 0 Å². The van der Waals surface area contributed by atoms with E-state index in [9.17, 15) is 5.11 Å². The van der Waals surface area contributed by atoms with Gasteiger partial charge in [0, 0.05) is 35.1 Å². The number of nitrogens with zero attached hydrogens (tertiary/aromatic N) is 6. The van der Waals surface area contributed by atoms with Crippen molar-refractivity contribution in [1.82, 2.24) is 29.5 Å². The number of aliphatic hydroxyl groups is 1. The molecule has 0 saturated heterocycles. The van der Waals surface area contributed by atoms with E-state index in [0.717, 1.165) is 46.1 Å². The van der Waals surface area contributed by atoms with Gasteiger partial charge in [-0.2, -0.15) is 0 Å². The summed E-state index contributed by atoms with van der Waals surface area (Å²) in [6.07, 6.45) is 6.93. The molecule has 1 saturated carbocycles. The second-order valence-corrected chi connectivity index (χ2v) is 10.0. The van der Waals surface area contributed by atoms with Gasteiger partial charge in [0.25, 0.3) is 0 Å². The second kappa shape index (κ2) is 8.28. The minimum atomic E-state index is -0.538. The van der Waals surface area contributed by atoms with Crippen molar-refractivity contribution in [3.8, 4) is 34.0 Å². The van der Waals surface area contributed by atoms with E-state index < -0.39 is 5.60 Å². The van der Waals surface area contributed by atoms with Crippen LogP contribution in [-0.4, -0.2) is 40.3 Å². The highest BCUT2D eigenvalue weighted by Gasteiger charge is 2.38. The van der Waals surface area contributed by atoms with E-state index in [0.29, 0.717) is 23.2 Å². The minimum absolute atomic E-state index is 0.409.